The Morgan fingerprint density at radius 1 is 0.889 bits per heavy atom. The van der Waals surface area contributed by atoms with Crippen LogP contribution in [0.2, 0.25) is 0 Å². The van der Waals surface area contributed by atoms with Gasteiger partial charge < -0.3 is 0 Å². The SMILES string of the molecule is Fc1ccc(-n2c(SCc3ccc(Br)cc3)nnc2-c2ccncc2)cc1. The molecular weight excluding hydrogens is 427 g/mol. The molecule has 27 heavy (non-hydrogen) atoms. The van der Waals surface area contributed by atoms with Gasteiger partial charge in [-0.2, -0.15) is 0 Å². The number of pyridine rings is 1. The third-order valence-electron chi connectivity index (χ3n) is 3.94. The number of nitrogens with zero attached hydrogens (tertiary/aromatic N) is 4. The minimum atomic E-state index is -0.277. The first-order valence-electron chi connectivity index (χ1n) is 8.20. The molecule has 0 aliphatic heterocycles. The van der Waals surface area contributed by atoms with Crippen molar-refractivity contribution in [3.63, 3.8) is 0 Å². The lowest BCUT2D eigenvalue weighted by molar-refractivity contribution is 0.627. The molecule has 2 heterocycles. The number of thioether (sulfide) groups is 1. The van der Waals surface area contributed by atoms with Crippen LogP contribution >= 0.6 is 27.7 Å². The molecule has 0 saturated heterocycles. The van der Waals surface area contributed by atoms with Gasteiger partial charge in [0.25, 0.3) is 0 Å². The van der Waals surface area contributed by atoms with E-state index in [0.717, 1.165) is 26.6 Å². The Kier molecular flexibility index (Phi) is 5.31. The van der Waals surface area contributed by atoms with Crippen molar-refractivity contribution in [1.82, 2.24) is 19.7 Å². The second kappa shape index (κ2) is 8.02. The predicted molar refractivity (Wildman–Crippen MR) is 108 cm³/mol. The zero-order valence-electron chi connectivity index (χ0n) is 14.1. The van der Waals surface area contributed by atoms with Crippen LogP contribution in [0.15, 0.2) is 82.7 Å². The van der Waals surface area contributed by atoms with Crippen LogP contribution in [-0.2, 0) is 5.75 Å². The maximum atomic E-state index is 13.4. The lowest BCUT2D eigenvalue weighted by Gasteiger charge is -2.10. The minimum Gasteiger partial charge on any atom is -0.270 e. The van der Waals surface area contributed by atoms with Crippen LogP contribution in [0.5, 0.6) is 0 Å². The molecule has 0 atom stereocenters. The van der Waals surface area contributed by atoms with Crippen LogP contribution in [0, 0.1) is 5.82 Å². The molecular formula is C20H14BrFN4S. The van der Waals surface area contributed by atoms with Gasteiger partial charge in [0.1, 0.15) is 5.82 Å². The summed E-state index contributed by atoms with van der Waals surface area (Å²) in [7, 11) is 0. The zero-order valence-corrected chi connectivity index (χ0v) is 16.5. The maximum absolute atomic E-state index is 13.4. The van der Waals surface area contributed by atoms with Crippen molar-refractivity contribution in [3.05, 3.63) is 88.9 Å². The van der Waals surface area contributed by atoms with E-state index >= 15 is 0 Å². The van der Waals surface area contributed by atoms with Gasteiger partial charge in [0.05, 0.1) is 0 Å². The normalized spacial score (nSPS) is 10.9. The van der Waals surface area contributed by atoms with Crippen LogP contribution < -0.4 is 0 Å². The number of aromatic nitrogens is 4. The average molecular weight is 441 g/mol. The standard InChI is InChI=1S/C20H14BrFN4S/c21-16-3-1-14(2-4-16)13-27-20-25-24-19(15-9-11-23-12-10-15)26(20)18-7-5-17(22)6-8-18/h1-12H,13H2. The van der Waals surface area contributed by atoms with Crippen LogP contribution in [0.25, 0.3) is 17.1 Å². The van der Waals surface area contributed by atoms with Crippen molar-refractivity contribution in [3.8, 4) is 17.1 Å². The van der Waals surface area contributed by atoms with Gasteiger partial charge in [-0.3, -0.25) is 9.55 Å². The fraction of sp³-hybridized carbons (Fsp3) is 0.0500. The molecule has 2 aromatic heterocycles. The molecule has 134 valence electrons. The summed E-state index contributed by atoms with van der Waals surface area (Å²) in [4.78, 5) is 4.06. The van der Waals surface area contributed by atoms with Crippen molar-refractivity contribution in [2.75, 3.05) is 0 Å². The topological polar surface area (TPSA) is 43.6 Å². The largest absolute Gasteiger partial charge is 0.270 e. The highest BCUT2D eigenvalue weighted by atomic mass is 79.9. The predicted octanol–water partition coefficient (Wildman–Crippen LogP) is 5.52. The summed E-state index contributed by atoms with van der Waals surface area (Å²) in [5.74, 6) is 1.17. The highest BCUT2D eigenvalue weighted by Crippen LogP contribution is 2.29. The fourth-order valence-electron chi connectivity index (χ4n) is 2.60. The monoisotopic (exact) mass is 440 g/mol. The lowest BCUT2D eigenvalue weighted by Crippen LogP contribution is -2.00. The molecule has 4 rings (SSSR count). The zero-order chi connectivity index (χ0) is 18.6. The molecule has 0 bridgehead atoms. The summed E-state index contributed by atoms with van der Waals surface area (Å²) >= 11 is 5.03. The Morgan fingerprint density at radius 2 is 1.59 bits per heavy atom. The minimum absolute atomic E-state index is 0.277. The van der Waals surface area contributed by atoms with E-state index in [0.29, 0.717) is 5.82 Å². The highest BCUT2D eigenvalue weighted by molar-refractivity contribution is 9.10. The Balaban J connectivity index is 1.71. The van der Waals surface area contributed by atoms with Gasteiger partial charge in [0, 0.05) is 33.9 Å². The van der Waals surface area contributed by atoms with Crippen molar-refractivity contribution in [2.45, 2.75) is 10.9 Å². The molecule has 0 N–H and O–H groups in total. The number of rotatable bonds is 5. The molecule has 0 spiro atoms. The van der Waals surface area contributed by atoms with Gasteiger partial charge in [-0.1, -0.05) is 39.8 Å². The molecule has 2 aromatic carbocycles. The average Bonchev–Trinajstić information content (AvgIpc) is 3.13. The molecule has 0 amide bonds. The third kappa shape index (κ3) is 4.09. The van der Waals surface area contributed by atoms with Gasteiger partial charge in [-0.15, -0.1) is 10.2 Å². The molecule has 0 unspecified atom stereocenters. The maximum Gasteiger partial charge on any atom is 0.196 e. The van der Waals surface area contributed by atoms with Gasteiger partial charge in [-0.25, -0.2) is 4.39 Å². The van der Waals surface area contributed by atoms with Crippen molar-refractivity contribution < 1.29 is 4.39 Å². The van der Waals surface area contributed by atoms with Crippen LogP contribution in [0.1, 0.15) is 5.56 Å². The number of hydrogen-bond donors (Lipinski definition) is 0. The Labute approximate surface area is 168 Å². The Hall–Kier alpha value is -2.51. The van der Waals surface area contributed by atoms with E-state index in [4.69, 9.17) is 0 Å². The summed E-state index contributed by atoms with van der Waals surface area (Å²) in [6.07, 6.45) is 3.43. The number of hydrogen-bond acceptors (Lipinski definition) is 4. The summed E-state index contributed by atoms with van der Waals surface area (Å²) < 4.78 is 16.4. The van der Waals surface area contributed by atoms with Gasteiger partial charge >= 0.3 is 0 Å². The van der Waals surface area contributed by atoms with Crippen LogP contribution in [0.3, 0.4) is 0 Å². The summed E-state index contributed by atoms with van der Waals surface area (Å²) in [6, 6.07) is 18.3. The first kappa shape index (κ1) is 17.9. The molecule has 0 aliphatic rings. The molecule has 4 nitrogen and oxygen atoms in total. The molecule has 0 aliphatic carbocycles. The summed E-state index contributed by atoms with van der Waals surface area (Å²) in [6.45, 7) is 0. The van der Waals surface area contributed by atoms with E-state index in [-0.39, 0.29) is 5.82 Å². The van der Waals surface area contributed by atoms with Crippen LogP contribution in [0.4, 0.5) is 4.39 Å². The molecule has 0 saturated carbocycles. The summed E-state index contributed by atoms with van der Waals surface area (Å²) in [5.41, 5.74) is 2.89. The number of benzene rings is 2. The number of halogens is 2. The highest BCUT2D eigenvalue weighted by Gasteiger charge is 2.16. The van der Waals surface area contributed by atoms with E-state index in [2.05, 4.69) is 43.2 Å². The molecule has 7 heteroatoms. The Bertz CT molecular complexity index is 1030. The Morgan fingerprint density at radius 3 is 2.30 bits per heavy atom. The smallest absolute Gasteiger partial charge is 0.196 e. The second-order valence-corrected chi connectivity index (χ2v) is 7.63. The third-order valence-corrected chi connectivity index (χ3v) is 5.47. The quantitative estimate of drug-likeness (QED) is 0.383. The summed E-state index contributed by atoms with van der Waals surface area (Å²) in [5, 5.41) is 9.50. The van der Waals surface area contributed by atoms with E-state index < -0.39 is 0 Å². The van der Waals surface area contributed by atoms with E-state index in [1.807, 2.05) is 28.8 Å². The fourth-order valence-corrected chi connectivity index (χ4v) is 3.77. The van der Waals surface area contributed by atoms with E-state index in [1.165, 1.54) is 17.7 Å². The molecule has 0 radical (unpaired) electrons. The van der Waals surface area contributed by atoms with Crippen molar-refractivity contribution in [2.24, 2.45) is 0 Å². The first-order valence-corrected chi connectivity index (χ1v) is 9.97. The second-order valence-electron chi connectivity index (χ2n) is 5.77. The van der Waals surface area contributed by atoms with Crippen molar-refractivity contribution in [1.29, 1.82) is 0 Å². The van der Waals surface area contributed by atoms with E-state index in [9.17, 15) is 4.39 Å². The van der Waals surface area contributed by atoms with Crippen LogP contribution in [-0.4, -0.2) is 19.7 Å². The van der Waals surface area contributed by atoms with Gasteiger partial charge in [0.15, 0.2) is 11.0 Å². The first-order chi connectivity index (χ1) is 13.2. The molecule has 4 aromatic rings. The van der Waals surface area contributed by atoms with Gasteiger partial charge in [0.2, 0.25) is 0 Å². The van der Waals surface area contributed by atoms with Crippen molar-refractivity contribution >= 4 is 27.7 Å². The van der Waals surface area contributed by atoms with Gasteiger partial charge in [-0.05, 0) is 54.1 Å². The molecule has 0 fully saturated rings. The van der Waals surface area contributed by atoms with E-state index in [1.54, 1.807) is 36.3 Å². The lowest BCUT2D eigenvalue weighted by atomic mass is 10.2.